The van der Waals surface area contributed by atoms with Gasteiger partial charge in [-0.3, -0.25) is 14.2 Å². The van der Waals surface area contributed by atoms with E-state index in [-0.39, 0.29) is 24.6 Å². The number of likely N-dealkylation sites (tertiary alicyclic amines) is 1. The molecule has 2 aromatic heterocycles. The molecule has 0 spiro atoms. The van der Waals surface area contributed by atoms with Gasteiger partial charge in [0.25, 0.3) is 5.56 Å². The van der Waals surface area contributed by atoms with Crippen LogP contribution in [0.4, 0.5) is 0 Å². The molecule has 0 radical (unpaired) electrons. The van der Waals surface area contributed by atoms with E-state index in [1.165, 1.54) is 10.6 Å². The van der Waals surface area contributed by atoms with Gasteiger partial charge in [-0.2, -0.15) is 0 Å². The van der Waals surface area contributed by atoms with Gasteiger partial charge in [0.15, 0.2) is 0 Å². The summed E-state index contributed by atoms with van der Waals surface area (Å²) in [5, 5.41) is 0.559. The van der Waals surface area contributed by atoms with Gasteiger partial charge in [0.2, 0.25) is 5.91 Å². The quantitative estimate of drug-likeness (QED) is 0.500. The molecule has 9 heteroatoms. The van der Waals surface area contributed by atoms with Crippen molar-refractivity contribution in [2.45, 2.75) is 26.3 Å². The van der Waals surface area contributed by atoms with Crippen LogP contribution in [0.15, 0.2) is 45.6 Å². The topological polar surface area (TPSA) is 81.7 Å². The molecule has 172 valence electrons. The second-order valence-electron chi connectivity index (χ2n) is 7.51. The summed E-state index contributed by atoms with van der Waals surface area (Å²) in [7, 11) is 0. The SMILES string of the molecule is CCOC(=O)/C=c1\s/c(=C\c2ccc(-c3ccccc3Cl)o2)c(=O)n1CC(=O)N1CCCC1. The van der Waals surface area contributed by atoms with Gasteiger partial charge in [0, 0.05) is 24.7 Å². The van der Waals surface area contributed by atoms with E-state index in [1.54, 1.807) is 36.1 Å². The Morgan fingerprint density at radius 3 is 2.67 bits per heavy atom. The molecule has 0 bridgehead atoms. The van der Waals surface area contributed by atoms with Crippen molar-refractivity contribution < 1.29 is 18.7 Å². The van der Waals surface area contributed by atoms with Crippen LogP contribution >= 0.6 is 22.9 Å². The third-order valence-corrected chi connectivity index (χ3v) is 6.65. The number of nitrogens with zero attached hydrogens (tertiary/aromatic N) is 2. The van der Waals surface area contributed by atoms with Gasteiger partial charge in [-0.25, -0.2) is 4.79 Å². The fourth-order valence-corrected chi connectivity index (χ4v) is 4.88. The molecule has 0 N–H and O–H groups in total. The van der Waals surface area contributed by atoms with Crippen LogP contribution in [0, 0.1) is 0 Å². The standard InChI is InChI=1S/C24H23ClN2O5S/c1-2-31-23(29)14-22-27(15-21(28)26-11-5-6-12-26)24(30)20(33-22)13-16-9-10-19(32-16)17-7-3-4-8-18(17)25/h3-4,7-10,13-14H,2,5-6,11-12,15H2,1H3/b20-13-,22-14-. The van der Waals surface area contributed by atoms with Gasteiger partial charge < -0.3 is 14.1 Å². The summed E-state index contributed by atoms with van der Waals surface area (Å²) in [6.07, 6.45) is 4.77. The zero-order valence-corrected chi connectivity index (χ0v) is 19.7. The summed E-state index contributed by atoms with van der Waals surface area (Å²) in [6.45, 7) is 3.16. The van der Waals surface area contributed by atoms with Crippen LogP contribution in [0.25, 0.3) is 23.5 Å². The molecular formula is C24H23ClN2O5S. The first-order valence-electron chi connectivity index (χ1n) is 10.7. The number of hydrogen-bond acceptors (Lipinski definition) is 6. The van der Waals surface area contributed by atoms with Crippen molar-refractivity contribution in [1.29, 1.82) is 0 Å². The number of carbonyl (C=O) groups is 2. The van der Waals surface area contributed by atoms with Crippen LogP contribution in [0.1, 0.15) is 25.5 Å². The highest BCUT2D eigenvalue weighted by molar-refractivity contribution is 7.07. The average Bonchev–Trinajstić information content (AvgIpc) is 3.53. The summed E-state index contributed by atoms with van der Waals surface area (Å²) in [5.41, 5.74) is 0.383. The number of halogens is 1. The number of esters is 1. The van der Waals surface area contributed by atoms with Crippen molar-refractivity contribution in [3.05, 3.63) is 66.7 Å². The first kappa shape index (κ1) is 23.1. The Labute approximate surface area is 199 Å². The van der Waals surface area contributed by atoms with E-state index in [0.29, 0.717) is 38.8 Å². The lowest BCUT2D eigenvalue weighted by Gasteiger charge is -2.15. The highest BCUT2D eigenvalue weighted by atomic mass is 35.5. The maximum Gasteiger partial charge on any atom is 0.333 e. The minimum Gasteiger partial charge on any atom is -0.463 e. The first-order chi connectivity index (χ1) is 16.0. The minimum absolute atomic E-state index is 0.128. The number of furan rings is 1. The average molecular weight is 487 g/mol. The van der Waals surface area contributed by atoms with E-state index in [9.17, 15) is 14.4 Å². The van der Waals surface area contributed by atoms with Crippen LogP contribution in [-0.4, -0.2) is 41.0 Å². The summed E-state index contributed by atoms with van der Waals surface area (Å²) in [5.74, 6) is 0.332. The second kappa shape index (κ2) is 10.2. The molecule has 0 unspecified atom stereocenters. The van der Waals surface area contributed by atoms with Crippen molar-refractivity contribution in [2.75, 3.05) is 19.7 Å². The van der Waals surface area contributed by atoms with E-state index in [4.69, 9.17) is 20.8 Å². The van der Waals surface area contributed by atoms with Gasteiger partial charge >= 0.3 is 5.97 Å². The van der Waals surface area contributed by atoms with Gasteiger partial charge in [-0.1, -0.05) is 23.7 Å². The monoisotopic (exact) mass is 486 g/mol. The zero-order chi connectivity index (χ0) is 23.4. The Hall–Kier alpha value is -3.10. The summed E-state index contributed by atoms with van der Waals surface area (Å²) < 4.78 is 12.9. The van der Waals surface area contributed by atoms with Gasteiger partial charge in [0.05, 0.1) is 22.2 Å². The summed E-state index contributed by atoms with van der Waals surface area (Å²) in [6, 6.07) is 10.8. The molecule has 7 nitrogen and oxygen atoms in total. The summed E-state index contributed by atoms with van der Waals surface area (Å²) >= 11 is 7.36. The number of thiazole rings is 1. The van der Waals surface area contributed by atoms with Crippen molar-refractivity contribution in [1.82, 2.24) is 9.47 Å². The molecule has 0 saturated carbocycles. The Balaban J connectivity index is 1.73. The van der Waals surface area contributed by atoms with Crippen molar-refractivity contribution in [2.24, 2.45) is 0 Å². The number of amides is 1. The lowest BCUT2D eigenvalue weighted by molar-refractivity contribution is -0.135. The van der Waals surface area contributed by atoms with Crippen LogP contribution in [-0.2, 0) is 20.9 Å². The normalized spacial score (nSPS) is 14.8. The maximum atomic E-state index is 13.2. The number of hydrogen-bond donors (Lipinski definition) is 0. The Morgan fingerprint density at radius 1 is 1.18 bits per heavy atom. The first-order valence-corrected chi connectivity index (χ1v) is 11.9. The minimum atomic E-state index is -0.563. The number of carbonyl (C=O) groups excluding carboxylic acids is 2. The van der Waals surface area contributed by atoms with Gasteiger partial charge in [-0.15, -0.1) is 11.3 Å². The molecule has 3 aromatic rings. The number of aromatic nitrogens is 1. The fraction of sp³-hybridized carbons (Fsp3) is 0.292. The van der Waals surface area contributed by atoms with Gasteiger partial charge in [0.1, 0.15) is 22.7 Å². The summed E-state index contributed by atoms with van der Waals surface area (Å²) in [4.78, 5) is 39.6. The molecule has 4 rings (SSSR count). The molecule has 3 heterocycles. The largest absolute Gasteiger partial charge is 0.463 e. The van der Waals surface area contributed by atoms with E-state index < -0.39 is 5.97 Å². The number of benzene rings is 1. The molecule has 1 saturated heterocycles. The molecule has 1 aliphatic heterocycles. The highest BCUT2D eigenvalue weighted by Crippen LogP contribution is 2.29. The molecule has 1 aliphatic rings. The van der Waals surface area contributed by atoms with E-state index >= 15 is 0 Å². The Bertz CT molecular complexity index is 1350. The zero-order valence-electron chi connectivity index (χ0n) is 18.1. The van der Waals surface area contributed by atoms with Crippen molar-refractivity contribution >= 4 is 47.0 Å². The van der Waals surface area contributed by atoms with E-state index in [1.807, 2.05) is 18.2 Å². The second-order valence-corrected chi connectivity index (χ2v) is 8.98. The van der Waals surface area contributed by atoms with Crippen molar-refractivity contribution in [3.63, 3.8) is 0 Å². The lowest BCUT2D eigenvalue weighted by atomic mass is 10.2. The van der Waals surface area contributed by atoms with Gasteiger partial charge in [-0.05, 0) is 44.0 Å². The Kier molecular flexibility index (Phi) is 7.15. The predicted octanol–water partition coefficient (Wildman–Crippen LogP) is 2.62. The van der Waals surface area contributed by atoms with Crippen LogP contribution in [0.5, 0.6) is 0 Å². The van der Waals surface area contributed by atoms with Crippen LogP contribution in [0.2, 0.25) is 5.02 Å². The lowest BCUT2D eigenvalue weighted by Crippen LogP contribution is -2.39. The molecule has 1 aromatic carbocycles. The van der Waals surface area contributed by atoms with Crippen LogP contribution < -0.4 is 14.8 Å². The third kappa shape index (κ3) is 5.29. The third-order valence-electron chi connectivity index (χ3n) is 5.26. The fourth-order valence-electron chi connectivity index (χ4n) is 3.64. The smallest absolute Gasteiger partial charge is 0.333 e. The molecule has 1 fully saturated rings. The molecular weight excluding hydrogens is 464 g/mol. The number of ether oxygens (including phenoxy) is 1. The number of rotatable bonds is 6. The van der Waals surface area contributed by atoms with Crippen molar-refractivity contribution in [3.8, 4) is 11.3 Å². The molecule has 0 aliphatic carbocycles. The predicted molar refractivity (Wildman–Crippen MR) is 127 cm³/mol. The maximum absolute atomic E-state index is 13.2. The molecule has 33 heavy (non-hydrogen) atoms. The van der Waals surface area contributed by atoms with E-state index in [2.05, 4.69) is 0 Å². The molecule has 0 atom stereocenters. The van der Waals surface area contributed by atoms with E-state index in [0.717, 1.165) is 29.7 Å². The van der Waals surface area contributed by atoms with Crippen LogP contribution in [0.3, 0.4) is 0 Å². The highest BCUT2D eigenvalue weighted by Gasteiger charge is 2.20. The Morgan fingerprint density at radius 2 is 1.94 bits per heavy atom. The molecule has 1 amide bonds.